The van der Waals surface area contributed by atoms with Gasteiger partial charge in [-0.1, -0.05) is 6.07 Å². The molecule has 2 aliphatic rings. The summed E-state index contributed by atoms with van der Waals surface area (Å²) in [6.45, 7) is 0.997. The Balaban J connectivity index is 1.36. The van der Waals surface area contributed by atoms with Gasteiger partial charge >= 0.3 is 5.97 Å². The van der Waals surface area contributed by atoms with Gasteiger partial charge in [0.2, 0.25) is 18.6 Å². The van der Waals surface area contributed by atoms with Gasteiger partial charge in [-0.15, -0.1) is 0 Å². The summed E-state index contributed by atoms with van der Waals surface area (Å²) in [4.78, 5) is 40.0. The van der Waals surface area contributed by atoms with Gasteiger partial charge in [0.15, 0.2) is 11.5 Å². The van der Waals surface area contributed by atoms with E-state index in [9.17, 15) is 19.5 Å². The van der Waals surface area contributed by atoms with Crippen LogP contribution in [0.4, 0.5) is 5.69 Å². The van der Waals surface area contributed by atoms with Crippen molar-refractivity contribution in [3.63, 3.8) is 0 Å². The highest BCUT2D eigenvalue weighted by Gasteiger charge is 2.28. The largest absolute Gasteiger partial charge is 0.481 e. The average Bonchev–Trinajstić information content (AvgIpc) is 3.26. The Morgan fingerprint density at radius 2 is 1.88 bits per heavy atom. The maximum Gasteiger partial charge on any atom is 0.305 e. The van der Waals surface area contributed by atoms with E-state index in [-0.39, 0.29) is 38.1 Å². The Hall–Kier alpha value is -4.10. The third-order valence-electron chi connectivity index (χ3n) is 5.49. The normalized spacial score (nSPS) is 16.2. The minimum absolute atomic E-state index is 0.0341. The van der Waals surface area contributed by atoms with Gasteiger partial charge in [-0.3, -0.25) is 19.3 Å². The number of aliphatic carboxylic acids is 1. The quantitative estimate of drug-likeness (QED) is 0.645. The van der Waals surface area contributed by atoms with Crippen LogP contribution in [0, 0.1) is 11.3 Å². The fourth-order valence-corrected chi connectivity index (χ4v) is 3.85. The first kappa shape index (κ1) is 22.1. The molecule has 2 aromatic rings. The van der Waals surface area contributed by atoms with Crippen LogP contribution in [0.1, 0.15) is 23.6 Å². The molecule has 2 amide bonds. The second kappa shape index (κ2) is 9.58. The molecule has 2 heterocycles. The zero-order valence-corrected chi connectivity index (χ0v) is 17.7. The van der Waals surface area contributed by atoms with Crippen molar-refractivity contribution in [3.8, 4) is 17.6 Å². The molecule has 33 heavy (non-hydrogen) atoms. The number of hydrogen-bond donors (Lipinski definition) is 2. The molecule has 0 saturated carbocycles. The molecular formula is C23H22N4O6. The van der Waals surface area contributed by atoms with Crippen molar-refractivity contribution in [2.45, 2.75) is 12.5 Å². The average molecular weight is 450 g/mol. The monoisotopic (exact) mass is 450 g/mol. The molecule has 10 nitrogen and oxygen atoms in total. The smallest absolute Gasteiger partial charge is 0.305 e. The number of carbonyl (C=O) groups is 3. The maximum atomic E-state index is 12.7. The van der Waals surface area contributed by atoms with Crippen molar-refractivity contribution in [1.82, 2.24) is 10.2 Å². The van der Waals surface area contributed by atoms with Crippen LogP contribution in [0.15, 0.2) is 42.5 Å². The number of benzene rings is 2. The molecule has 1 fully saturated rings. The van der Waals surface area contributed by atoms with E-state index in [1.807, 2.05) is 6.07 Å². The van der Waals surface area contributed by atoms with Crippen LogP contribution in [-0.4, -0.2) is 60.8 Å². The summed E-state index contributed by atoms with van der Waals surface area (Å²) in [5, 5.41) is 21.0. The lowest BCUT2D eigenvalue weighted by Crippen LogP contribution is -2.53. The van der Waals surface area contributed by atoms with E-state index >= 15 is 0 Å². The van der Waals surface area contributed by atoms with Gasteiger partial charge in [-0.2, -0.15) is 5.26 Å². The molecule has 0 aromatic heterocycles. The topological polar surface area (TPSA) is 132 Å². The van der Waals surface area contributed by atoms with Crippen LogP contribution in [0.2, 0.25) is 0 Å². The molecule has 10 heteroatoms. The number of ether oxygens (including phenoxy) is 2. The van der Waals surface area contributed by atoms with Crippen LogP contribution in [0.25, 0.3) is 0 Å². The molecule has 0 spiro atoms. The summed E-state index contributed by atoms with van der Waals surface area (Å²) >= 11 is 0. The van der Waals surface area contributed by atoms with Crippen LogP contribution in [0.3, 0.4) is 0 Å². The van der Waals surface area contributed by atoms with Crippen molar-refractivity contribution < 1.29 is 29.0 Å². The summed E-state index contributed by atoms with van der Waals surface area (Å²) in [6.07, 6.45) is -0.295. The Morgan fingerprint density at radius 1 is 1.12 bits per heavy atom. The van der Waals surface area contributed by atoms with E-state index in [1.54, 1.807) is 52.3 Å². The number of carbonyl (C=O) groups excluding carboxylic acids is 2. The number of carboxylic acids is 1. The number of nitriles is 1. The second-order valence-electron chi connectivity index (χ2n) is 7.75. The number of nitrogens with one attached hydrogen (secondary N) is 1. The summed E-state index contributed by atoms with van der Waals surface area (Å²) in [6, 6.07) is 13.1. The Bertz CT molecular complexity index is 1110. The molecule has 2 N–H and O–H groups in total. The van der Waals surface area contributed by atoms with Crippen molar-refractivity contribution in [2.75, 3.05) is 37.9 Å². The number of carboxylic acid groups (broad SMARTS) is 1. The van der Waals surface area contributed by atoms with Crippen molar-refractivity contribution in [1.29, 1.82) is 5.26 Å². The van der Waals surface area contributed by atoms with E-state index in [0.717, 1.165) is 0 Å². The molecule has 1 atom stereocenters. The molecule has 0 bridgehead atoms. The van der Waals surface area contributed by atoms with Crippen molar-refractivity contribution in [3.05, 3.63) is 53.6 Å². The zero-order chi connectivity index (χ0) is 23.4. The van der Waals surface area contributed by atoms with Crippen molar-refractivity contribution in [2.24, 2.45) is 0 Å². The van der Waals surface area contributed by atoms with Crippen LogP contribution in [-0.2, 0) is 14.4 Å². The molecular weight excluding hydrogens is 428 g/mol. The van der Waals surface area contributed by atoms with Gasteiger partial charge in [0.05, 0.1) is 37.2 Å². The summed E-state index contributed by atoms with van der Waals surface area (Å²) < 4.78 is 10.6. The first-order chi connectivity index (χ1) is 15.9. The molecule has 0 radical (unpaired) electrons. The standard InChI is InChI=1S/C23H22N4O6/c24-11-15-1-4-17(5-2-15)27-8-7-26(13-22(27)29)12-21(28)25-18(10-23(30)31)16-3-6-19-20(9-16)33-14-32-19/h1-6,9,18H,7-8,10,12-14H2,(H,25,28)(H,30,31). The number of piperazine rings is 1. The molecule has 2 aliphatic heterocycles. The number of hydrogen-bond acceptors (Lipinski definition) is 7. The minimum atomic E-state index is -1.05. The number of nitrogens with zero attached hydrogens (tertiary/aromatic N) is 3. The van der Waals surface area contributed by atoms with Crippen LogP contribution < -0.4 is 19.7 Å². The van der Waals surface area contributed by atoms with Gasteiger partial charge in [0.25, 0.3) is 0 Å². The fraction of sp³-hybridized carbons (Fsp3) is 0.304. The number of rotatable bonds is 7. The van der Waals surface area contributed by atoms with Gasteiger partial charge < -0.3 is 24.8 Å². The Kier molecular flexibility index (Phi) is 6.42. The molecule has 0 aliphatic carbocycles. The first-order valence-electron chi connectivity index (χ1n) is 10.4. The summed E-state index contributed by atoms with van der Waals surface area (Å²) in [5.41, 5.74) is 1.81. The predicted octanol–water partition coefficient (Wildman–Crippen LogP) is 1.27. The minimum Gasteiger partial charge on any atom is -0.481 e. The van der Waals surface area contributed by atoms with E-state index in [2.05, 4.69) is 5.32 Å². The third-order valence-corrected chi connectivity index (χ3v) is 5.49. The highest BCUT2D eigenvalue weighted by Crippen LogP contribution is 2.34. The van der Waals surface area contributed by atoms with E-state index in [0.29, 0.717) is 41.4 Å². The molecule has 1 unspecified atom stereocenters. The number of anilines is 1. The highest BCUT2D eigenvalue weighted by molar-refractivity contribution is 5.96. The van der Waals surface area contributed by atoms with Crippen LogP contribution in [0.5, 0.6) is 11.5 Å². The molecule has 170 valence electrons. The third kappa shape index (κ3) is 5.22. The van der Waals surface area contributed by atoms with Gasteiger partial charge in [0, 0.05) is 18.8 Å². The van der Waals surface area contributed by atoms with Gasteiger partial charge in [-0.05, 0) is 42.0 Å². The van der Waals surface area contributed by atoms with E-state index < -0.39 is 12.0 Å². The molecule has 2 aromatic carbocycles. The SMILES string of the molecule is N#Cc1ccc(N2CCN(CC(=O)NC(CC(=O)O)c3ccc4c(c3)OCO4)CC2=O)cc1. The summed E-state index contributed by atoms with van der Waals surface area (Å²) in [7, 11) is 0. The zero-order valence-electron chi connectivity index (χ0n) is 17.7. The fourth-order valence-electron chi connectivity index (χ4n) is 3.85. The van der Waals surface area contributed by atoms with Crippen LogP contribution >= 0.6 is 0 Å². The maximum absolute atomic E-state index is 12.7. The second-order valence-corrected chi connectivity index (χ2v) is 7.75. The molecule has 4 rings (SSSR count). The predicted molar refractivity (Wildman–Crippen MR) is 116 cm³/mol. The van der Waals surface area contributed by atoms with Gasteiger partial charge in [-0.25, -0.2) is 0 Å². The first-order valence-corrected chi connectivity index (χ1v) is 10.4. The lowest BCUT2D eigenvalue weighted by molar-refractivity contribution is -0.137. The summed E-state index contributed by atoms with van der Waals surface area (Å²) in [5.74, 6) is -0.515. The number of fused-ring (bicyclic) bond motifs is 1. The Morgan fingerprint density at radius 3 is 2.58 bits per heavy atom. The lowest BCUT2D eigenvalue weighted by atomic mass is 10.0. The molecule has 1 saturated heterocycles. The van der Waals surface area contributed by atoms with E-state index in [1.165, 1.54) is 0 Å². The Labute approximate surface area is 189 Å². The lowest BCUT2D eigenvalue weighted by Gasteiger charge is -2.34. The number of amides is 2. The van der Waals surface area contributed by atoms with Crippen molar-refractivity contribution >= 4 is 23.5 Å². The van der Waals surface area contributed by atoms with E-state index in [4.69, 9.17) is 14.7 Å². The van der Waals surface area contributed by atoms with Gasteiger partial charge in [0.1, 0.15) is 0 Å². The highest BCUT2D eigenvalue weighted by atomic mass is 16.7.